The van der Waals surface area contributed by atoms with Gasteiger partial charge in [0.1, 0.15) is 5.75 Å². The fourth-order valence-corrected chi connectivity index (χ4v) is 1.71. The minimum Gasteiger partial charge on any atom is -0.508 e. The van der Waals surface area contributed by atoms with E-state index in [1.807, 2.05) is 6.92 Å². The van der Waals surface area contributed by atoms with Crippen molar-refractivity contribution in [3.05, 3.63) is 41.1 Å². The molecule has 1 aromatic rings. The predicted octanol–water partition coefficient (Wildman–Crippen LogP) is 1.92. The minimum atomic E-state index is -0.394. The van der Waals surface area contributed by atoms with Crippen LogP contribution in [0.2, 0.25) is 0 Å². The zero-order valence-corrected chi connectivity index (χ0v) is 11.4. The number of nitrogens with one attached hydrogen (secondary N) is 1. The van der Waals surface area contributed by atoms with Crippen LogP contribution in [-0.2, 0) is 20.8 Å². The molecule has 0 aliphatic carbocycles. The first kappa shape index (κ1) is 15.0. The number of ether oxygens (including phenoxy) is 1. The Hall–Kier alpha value is -2.01. The lowest BCUT2D eigenvalue weighted by Crippen LogP contribution is -2.19. The number of benzene rings is 1. The maximum absolute atomic E-state index is 11.8. The highest BCUT2D eigenvalue weighted by atomic mass is 16.6. The van der Waals surface area contributed by atoms with Crippen molar-refractivity contribution < 1.29 is 19.5 Å². The Balaban J connectivity index is 3.03. The largest absolute Gasteiger partial charge is 0.508 e. The average molecular weight is 265 g/mol. The Morgan fingerprint density at radius 3 is 2.37 bits per heavy atom. The maximum Gasteiger partial charge on any atom is 0.335 e. The number of carbonyl (C=O) groups is 1. The number of phenols is 1. The van der Waals surface area contributed by atoms with Gasteiger partial charge in [0.25, 0.3) is 0 Å². The fourth-order valence-electron chi connectivity index (χ4n) is 1.71. The molecule has 0 fully saturated rings. The summed E-state index contributed by atoms with van der Waals surface area (Å²) in [6.45, 7) is 1.92. The van der Waals surface area contributed by atoms with Crippen LogP contribution >= 0.6 is 0 Å². The van der Waals surface area contributed by atoms with Crippen LogP contribution in [-0.4, -0.2) is 25.3 Å². The highest BCUT2D eigenvalue weighted by Crippen LogP contribution is 2.17. The van der Waals surface area contributed by atoms with E-state index in [1.54, 1.807) is 24.3 Å². The molecule has 0 radical (unpaired) electrons. The summed E-state index contributed by atoms with van der Waals surface area (Å²) in [5.74, 6) is -0.201. The summed E-state index contributed by atoms with van der Waals surface area (Å²) >= 11 is 0. The van der Waals surface area contributed by atoms with Gasteiger partial charge in [-0.2, -0.15) is 0 Å². The predicted molar refractivity (Wildman–Crippen MR) is 71.3 cm³/mol. The van der Waals surface area contributed by atoms with Gasteiger partial charge in [-0.1, -0.05) is 19.1 Å². The summed E-state index contributed by atoms with van der Waals surface area (Å²) in [5.41, 5.74) is 4.81. The van der Waals surface area contributed by atoms with E-state index < -0.39 is 5.97 Å². The monoisotopic (exact) mass is 265 g/mol. The molecule has 1 rings (SSSR count). The van der Waals surface area contributed by atoms with Gasteiger partial charge >= 0.3 is 5.97 Å². The summed E-state index contributed by atoms with van der Waals surface area (Å²) in [7, 11) is 2.84. The third-order valence-electron chi connectivity index (χ3n) is 2.69. The molecule has 0 aliphatic rings. The SMILES string of the molecule is CCC(NOC)=C(Cc1ccc(O)cc1)C(=O)OC. The third kappa shape index (κ3) is 4.30. The van der Waals surface area contributed by atoms with E-state index >= 15 is 0 Å². The van der Waals surface area contributed by atoms with Crippen molar-refractivity contribution in [1.82, 2.24) is 5.48 Å². The lowest BCUT2D eigenvalue weighted by Gasteiger charge is -2.13. The number of hydroxylamine groups is 1. The van der Waals surface area contributed by atoms with Gasteiger partial charge in [-0.05, 0) is 24.1 Å². The van der Waals surface area contributed by atoms with Crippen LogP contribution in [0.1, 0.15) is 18.9 Å². The van der Waals surface area contributed by atoms with E-state index in [1.165, 1.54) is 14.2 Å². The number of allylic oxidation sites excluding steroid dienone is 1. The Kier molecular flexibility index (Phi) is 5.89. The molecule has 0 amide bonds. The fraction of sp³-hybridized carbons (Fsp3) is 0.357. The Morgan fingerprint density at radius 2 is 1.89 bits per heavy atom. The van der Waals surface area contributed by atoms with Crippen LogP contribution in [0.4, 0.5) is 0 Å². The Morgan fingerprint density at radius 1 is 1.26 bits per heavy atom. The van der Waals surface area contributed by atoms with Gasteiger partial charge in [-0.3, -0.25) is 10.3 Å². The summed E-state index contributed by atoms with van der Waals surface area (Å²) in [6, 6.07) is 6.69. The molecule has 19 heavy (non-hydrogen) atoms. The number of phenolic OH excluding ortho intramolecular Hbond substituents is 1. The maximum atomic E-state index is 11.8. The van der Waals surface area contributed by atoms with Gasteiger partial charge < -0.3 is 9.84 Å². The lowest BCUT2D eigenvalue weighted by atomic mass is 10.0. The summed E-state index contributed by atoms with van der Waals surface area (Å²) in [5, 5.41) is 9.25. The van der Waals surface area contributed by atoms with Crippen LogP contribution in [0.15, 0.2) is 35.5 Å². The van der Waals surface area contributed by atoms with Gasteiger partial charge in [0.15, 0.2) is 0 Å². The van der Waals surface area contributed by atoms with Crippen molar-refractivity contribution >= 4 is 5.97 Å². The van der Waals surface area contributed by atoms with Crippen molar-refractivity contribution in [2.75, 3.05) is 14.2 Å². The van der Waals surface area contributed by atoms with E-state index in [0.29, 0.717) is 24.1 Å². The van der Waals surface area contributed by atoms with Crippen LogP contribution < -0.4 is 5.48 Å². The molecule has 5 nitrogen and oxygen atoms in total. The van der Waals surface area contributed by atoms with Crippen molar-refractivity contribution in [3.63, 3.8) is 0 Å². The van der Waals surface area contributed by atoms with Gasteiger partial charge in [0.2, 0.25) is 0 Å². The number of carbonyl (C=O) groups excluding carboxylic acids is 1. The second-order valence-electron chi connectivity index (χ2n) is 3.95. The van der Waals surface area contributed by atoms with Crippen LogP contribution in [0.25, 0.3) is 0 Å². The number of hydrogen-bond acceptors (Lipinski definition) is 5. The van der Waals surface area contributed by atoms with Crippen molar-refractivity contribution in [3.8, 4) is 5.75 Å². The second-order valence-corrected chi connectivity index (χ2v) is 3.95. The second kappa shape index (κ2) is 7.43. The van der Waals surface area contributed by atoms with E-state index in [0.717, 1.165) is 5.56 Å². The van der Waals surface area contributed by atoms with E-state index in [4.69, 9.17) is 9.57 Å². The molecule has 104 valence electrons. The van der Waals surface area contributed by atoms with Gasteiger partial charge in [-0.25, -0.2) is 4.79 Å². The molecule has 0 spiro atoms. The normalized spacial score (nSPS) is 11.7. The molecule has 1 aromatic carbocycles. The first-order valence-electron chi connectivity index (χ1n) is 5.99. The highest BCUT2D eigenvalue weighted by Gasteiger charge is 2.16. The molecular weight excluding hydrogens is 246 g/mol. The molecule has 0 aromatic heterocycles. The van der Waals surface area contributed by atoms with Crippen molar-refractivity contribution in [2.24, 2.45) is 0 Å². The van der Waals surface area contributed by atoms with Crippen LogP contribution in [0.5, 0.6) is 5.75 Å². The zero-order chi connectivity index (χ0) is 14.3. The Bertz CT molecular complexity index is 451. The number of aromatic hydroxyl groups is 1. The number of methoxy groups -OCH3 is 1. The molecular formula is C14H19NO4. The standard InChI is InChI=1S/C14H19NO4/c1-4-13(15-19-3)12(14(17)18-2)9-10-5-7-11(16)8-6-10/h5-8,15-16H,4,9H2,1-3H3. The van der Waals surface area contributed by atoms with E-state index in [2.05, 4.69) is 5.48 Å². The van der Waals surface area contributed by atoms with Crippen molar-refractivity contribution in [1.29, 1.82) is 0 Å². The molecule has 0 unspecified atom stereocenters. The van der Waals surface area contributed by atoms with Crippen LogP contribution in [0, 0.1) is 0 Å². The van der Waals surface area contributed by atoms with Crippen molar-refractivity contribution in [2.45, 2.75) is 19.8 Å². The number of esters is 1. The first-order valence-corrected chi connectivity index (χ1v) is 5.99. The first-order chi connectivity index (χ1) is 9.12. The van der Waals surface area contributed by atoms with Gasteiger partial charge in [0.05, 0.1) is 19.8 Å². The zero-order valence-electron chi connectivity index (χ0n) is 11.4. The van der Waals surface area contributed by atoms with E-state index in [-0.39, 0.29) is 5.75 Å². The Labute approximate surface area is 112 Å². The number of rotatable bonds is 6. The lowest BCUT2D eigenvalue weighted by molar-refractivity contribution is -0.136. The van der Waals surface area contributed by atoms with Gasteiger partial charge in [0, 0.05) is 12.1 Å². The quantitative estimate of drug-likeness (QED) is 0.467. The molecule has 0 heterocycles. The smallest absolute Gasteiger partial charge is 0.335 e. The molecule has 0 saturated heterocycles. The summed E-state index contributed by atoms with van der Waals surface area (Å²) in [4.78, 5) is 16.7. The molecule has 0 saturated carbocycles. The van der Waals surface area contributed by atoms with E-state index in [9.17, 15) is 9.90 Å². The average Bonchev–Trinajstić information content (AvgIpc) is 2.43. The van der Waals surface area contributed by atoms with Crippen LogP contribution in [0.3, 0.4) is 0 Å². The van der Waals surface area contributed by atoms with Gasteiger partial charge in [-0.15, -0.1) is 0 Å². The summed E-state index contributed by atoms with van der Waals surface area (Å²) < 4.78 is 4.80. The summed E-state index contributed by atoms with van der Waals surface area (Å²) in [6.07, 6.45) is 1.03. The highest BCUT2D eigenvalue weighted by molar-refractivity contribution is 5.89. The molecule has 0 atom stereocenters. The minimum absolute atomic E-state index is 0.193. The number of hydrogen-bond donors (Lipinski definition) is 2. The third-order valence-corrected chi connectivity index (χ3v) is 2.69. The molecule has 5 heteroatoms. The molecule has 0 aliphatic heterocycles. The molecule has 2 N–H and O–H groups in total. The topological polar surface area (TPSA) is 67.8 Å². The molecule has 0 bridgehead atoms.